The Labute approximate surface area is 112 Å². The van der Waals surface area contributed by atoms with E-state index >= 15 is 0 Å². The van der Waals surface area contributed by atoms with Crippen LogP contribution in [-0.2, 0) is 0 Å². The maximum atomic E-state index is 13.1. The van der Waals surface area contributed by atoms with Gasteiger partial charge in [0, 0.05) is 25.1 Å². The normalized spacial score (nSPS) is 27.7. The molecule has 1 aliphatic heterocycles. The third-order valence-corrected chi connectivity index (χ3v) is 3.70. The molecular weight excluding hydrogens is 247 g/mol. The van der Waals surface area contributed by atoms with E-state index < -0.39 is 0 Å². The van der Waals surface area contributed by atoms with Gasteiger partial charge >= 0.3 is 0 Å². The highest BCUT2D eigenvalue weighted by Crippen LogP contribution is 2.30. The van der Waals surface area contributed by atoms with Crippen molar-refractivity contribution in [3.8, 4) is 0 Å². The molecule has 0 N–H and O–H groups in total. The van der Waals surface area contributed by atoms with E-state index in [1.165, 1.54) is 6.08 Å². The van der Waals surface area contributed by atoms with Gasteiger partial charge < -0.3 is 0 Å². The van der Waals surface area contributed by atoms with Crippen molar-refractivity contribution in [1.82, 2.24) is 4.90 Å². The highest BCUT2D eigenvalue weighted by Gasteiger charge is 2.29. The minimum Gasteiger partial charge on any atom is -0.299 e. The molecule has 2 rings (SSSR count). The van der Waals surface area contributed by atoms with Gasteiger partial charge in [0.15, 0.2) is 0 Å². The van der Waals surface area contributed by atoms with Crippen molar-refractivity contribution in [2.24, 2.45) is 5.92 Å². The molecule has 104 valence electrons. The van der Waals surface area contributed by atoms with Crippen LogP contribution < -0.4 is 0 Å². The Morgan fingerprint density at radius 2 is 2.32 bits per heavy atom. The van der Waals surface area contributed by atoms with E-state index in [0.29, 0.717) is 6.42 Å². The van der Waals surface area contributed by atoms with E-state index in [2.05, 4.69) is 11.8 Å². The van der Waals surface area contributed by atoms with Gasteiger partial charge in [0.1, 0.15) is 0 Å². The molecule has 0 aromatic carbocycles. The van der Waals surface area contributed by atoms with Crippen molar-refractivity contribution in [3.63, 3.8) is 0 Å². The number of likely N-dealkylation sites (tertiary alicyclic amines) is 1. The van der Waals surface area contributed by atoms with Gasteiger partial charge in [-0.2, -0.15) is 0 Å². The van der Waals surface area contributed by atoms with Gasteiger partial charge in [-0.05, 0) is 36.6 Å². The largest absolute Gasteiger partial charge is 0.299 e. The number of alkyl halides is 1. The molecule has 0 unspecified atom stereocenters. The molecule has 0 spiro atoms. The van der Waals surface area contributed by atoms with Gasteiger partial charge in [-0.15, -0.1) is 0 Å². The van der Waals surface area contributed by atoms with Gasteiger partial charge in [-0.3, -0.25) is 19.4 Å². The number of hydrogen-bond acceptors (Lipinski definition) is 3. The molecule has 19 heavy (non-hydrogen) atoms. The van der Waals surface area contributed by atoms with Crippen LogP contribution in [0.5, 0.6) is 0 Å². The van der Waals surface area contributed by atoms with Crippen LogP contribution in [0.15, 0.2) is 35.1 Å². The van der Waals surface area contributed by atoms with Crippen molar-refractivity contribution in [3.05, 3.63) is 45.2 Å². The lowest BCUT2D eigenvalue weighted by atomic mass is 9.94. The molecule has 0 bridgehead atoms. The predicted molar refractivity (Wildman–Crippen MR) is 72.1 cm³/mol. The topological polar surface area (TPSA) is 46.4 Å². The van der Waals surface area contributed by atoms with Crippen LogP contribution in [-0.4, -0.2) is 36.1 Å². The summed E-state index contributed by atoms with van der Waals surface area (Å²) in [5.41, 5.74) is 2.29. The molecule has 1 atom stereocenters. The van der Waals surface area contributed by atoms with E-state index in [1.54, 1.807) is 12.2 Å². The summed E-state index contributed by atoms with van der Waals surface area (Å²) in [6.07, 6.45) is 6.51. The van der Waals surface area contributed by atoms with Gasteiger partial charge in [-0.25, -0.2) is 0 Å². The molecule has 0 radical (unpaired) electrons. The average molecular weight is 266 g/mol. The molecule has 1 fully saturated rings. The Morgan fingerprint density at radius 1 is 1.53 bits per heavy atom. The summed E-state index contributed by atoms with van der Waals surface area (Å²) in [4.78, 5) is 12.5. The monoisotopic (exact) mass is 266 g/mol. The average Bonchev–Trinajstić information content (AvgIpc) is 2.82. The van der Waals surface area contributed by atoms with E-state index in [1.807, 2.05) is 0 Å². The highest BCUT2D eigenvalue weighted by atomic mass is 19.1. The van der Waals surface area contributed by atoms with Crippen molar-refractivity contribution < 1.29 is 9.31 Å². The number of nitro groups is 1. The summed E-state index contributed by atoms with van der Waals surface area (Å²) >= 11 is 0. The highest BCUT2D eigenvalue weighted by molar-refractivity contribution is 5.38. The fourth-order valence-electron chi connectivity index (χ4n) is 2.76. The summed E-state index contributed by atoms with van der Waals surface area (Å²) in [5, 5.41) is 10.6. The summed E-state index contributed by atoms with van der Waals surface area (Å²) in [6, 6.07) is 0. The Kier molecular flexibility index (Phi) is 4.47. The second-order valence-corrected chi connectivity index (χ2v) is 5.06. The van der Waals surface area contributed by atoms with Crippen LogP contribution in [0.2, 0.25) is 0 Å². The van der Waals surface area contributed by atoms with Crippen LogP contribution >= 0.6 is 0 Å². The van der Waals surface area contributed by atoms with Crippen LogP contribution in [0.4, 0.5) is 4.39 Å². The number of hydrogen-bond donors (Lipinski definition) is 0. The van der Waals surface area contributed by atoms with Crippen molar-refractivity contribution in [2.45, 2.75) is 19.8 Å². The molecule has 5 heteroatoms. The Hall–Kier alpha value is -1.49. The molecule has 1 aliphatic carbocycles. The molecule has 0 aromatic rings. The molecule has 0 amide bonds. The Bertz CT molecular complexity index is 454. The number of rotatable bonds is 4. The number of allylic oxidation sites excluding steroid dienone is 4. The fraction of sp³-hybridized carbons (Fsp3) is 0.571. The van der Waals surface area contributed by atoms with Crippen LogP contribution in [0.1, 0.15) is 19.8 Å². The Balaban J connectivity index is 2.14. The lowest BCUT2D eigenvalue weighted by molar-refractivity contribution is -0.419. The first-order valence-corrected chi connectivity index (χ1v) is 6.68. The third-order valence-electron chi connectivity index (χ3n) is 3.70. The van der Waals surface area contributed by atoms with Gasteiger partial charge in [-0.1, -0.05) is 13.0 Å². The van der Waals surface area contributed by atoms with Crippen LogP contribution in [0, 0.1) is 16.0 Å². The van der Waals surface area contributed by atoms with E-state index in [4.69, 9.17) is 0 Å². The predicted octanol–water partition coefficient (Wildman–Crippen LogP) is 2.71. The molecule has 0 saturated carbocycles. The maximum absolute atomic E-state index is 13.1. The maximum Gasteiger partial charge on any atom is 0.265 e. The molecule has 2 aliphatic rings. The zero-order chi connectivity index (χ0) is 13.8. The molecule has 1 heterocycles. The molecule has 1 saturated heterocycles. The summed E-state index contributed by atoms with van der Waals surface area (Å²) in [6.45, 7) is 4.31. The van der Waals surface area contributed by atoms with Gasteiger partial charge in [0.25, 0.3) is 5.70 Å². The summed E-state index contributed by atoms with van der Waals surface area (Å²) < 4.78 is 13.1. The first-order chi connectivity index (χ1) is 9.15. The SMILES string of the molecule is CCCN1C/C(=C2\C=CC([N+](=O)[O-])=CC2)[C@@H](CF)C1. The zero-order valence-corrected chi connectivity index (χ0v) is 11.1. The first kappa shape index (κ1) is 13.9. The number of halogens is 1. The quantitative estimate of drug-likeness (QED) is 0.580. The molecular formula is C14H19FN2O2. The second-order valence-electron chi connectivity index (χ2n) is 5.06. The fourth-order valence-corrected chi connectivity index (χ4v) is 2.76. The van der Waals surface area contributed by atoms with Crippen LogP contribution in [0.25, 0.3) is 0 Å². The van der Waals surface area contributed by atoms with E-state index in [9.17, 15) is 14.5 Å². The van der Waals surface area contributed by atoms with Gasteiger partial charge in [0.05, 0.1) is 11.6 Å². The molecule has 4 nitrogen and oxygen atoms in total. The lowest BCUT2D eigenvalue weighted by Crippen LogP contribution is -2.21. The van der Waals surface area contributed by atoms with E-state index in [0.717, 1.165) is 37.2 Å². The third kappa shape index (κ3) is 3.10. The van der Waals surface area contributed by atoms with Gasteiger partial charge in [0.2, 0.25) is 0 Å². The van der Waals surface area contributed by atoms with Crippen molar-refractivity contribution >= 4 is 0 Å². The summed E-state index contributed by atoms with van der Waals surface area (Å²) in [7, 11) is 0. The summed E-state index contributed by atoms with van der Waals surface area (Å²) in [5.74, 6) is -0.0447. The Morgan fingerprint density at radius 3 is 2.84 bits per heavy atom. The minimum atomic E-state index is -0.386. The first-order valence-electron chi connectivity index (χ1n) is 6.68. The van der Waals surface area contributed by atoms with Crippen molar-refractivity contribution in [2.75, 3.05) is 26.3 Å². The zero-order valence-electron chi connectivity index (χ0n) is 11.1. The minimum absolute atomic E-state index is 0.0447. The van der Waals surface area contributed by atoms with Crippen molar-refractivity contribution in [1.29, 1.82) is 0 Å². The second kappa shape index (κ2) is 6.10. The number of nitrogens with zero attached hydrogens (tertiary/aromatic N) is 2. The smallest absolute Gasteiger partial charge is 0.265 e. The standard InChI is InChI=1S/C14H19FN2O2/c1-2-7-16-9-12(8-15)14(10-16)11-3-5-13(6-4-11)17(18)19/h3,5-6,12H,2,4,7-10H2,1H3/b14-11-/t12-/m0/s1. The lowest BCUT2D eigenvalue weighted by Gasteiger charge is -2.13. The molecule has 0 aromatic heterocycles. The van der Waals surface area contributed by atoms with E-state index in [-0.39, 0.29) is 23.2 Å². The van der Waals surface area contributed by atoms with Crippen LogP contribution in [0.3, 0.4) is 0 Å².